The van der Waals surface area contributed by atoms with E-state index in [1.807, 2.05) is 32.9 Å². The van der Waals surface area contributed by atoms with Crippen LogP contribution >= 0.6 is 11.3 Å². The van der Waals surface area contributed by atoms with Gasteiger partial charge in [-0.15, -0.1) is 10.2 Å². The fraction of sp³-hybridized carbons (Fsp3) is 0.500. The predicted octanol–water partition coefficient (Wildman–Crippen LogP) is 2.66. The summed E-state index contributed by atoms with van der Waals surface area (Å²) in [6.07, 6.45) is 1.52. The molecule has 0 unspecified atom stereocenters. The molecule has 24 heavy (non-hydrogen) atoms. The number of hydrogen-bond donors (Lipinski definition) is 0. The Morgan fingerprint density at radius 3 is 2.62 bits per heavy atom. The van der Waals surface area contributed by atoms with Gasteiger partial charge in [-0.1, -0.05) is 11.3 Å². The molecule has 0 N–H and O–H groups in total. The summed E-state index contributed by atoms with van der Waals surface area (Å²) in [5.41, 5.74) is 2.22. The Balaban J connectivity index is 1.69. The highest BCUT2D eigenvalue weighted by atomic mass is 32.1. The van der Waals surface area contributed by atoms with Crippen LogP contribution in [0.3, 0.4) is 0 Å². The highest BCUT2D eigenvalue weighted by Crippen LogP contribution is 2.30. The molecule has 1 aliphatic rings. The Labute approximate surface area is 145 Å². The molecule has 1 amide bonds. The molecule has 0 aromatic carbocycles. The number of amides is 1. The smallest absolute Gasteiger partial charge is 0.410 e. The van der Waals surface area contributed by atoms with E-state index >= 15 is 0 Å². The third-order valence-electron chi connectivity index (χ3n) is 3.61. The van der Waals surface area contributed by atoms with Gasteiger partial charge in [0.05, 0.1) is 5.56 Å². The lowest BCUT2D eigenvalue weighted by Gasteiger charge is -2.36. The van der Waals surface area contributed by atoms with Crippen LogP contribution in [0.4, 0.5) is 10.6 Å². The first-order chi connectivity index (χ1) is 11.4. The van der Waals surface area contributed by atoms with Gasteiger partial charge >= 0.3 is 6.09 Å². The molecule has 1 saturated heterocycles. The van der Waals surface area contributed by atoms with Crippen molar-refractivity contribution in [2.45, 2.75) is 26.4 Å². The topological polar surface area (TPSA) is 71.5 Å². The van der Waals surface area contributed by atoms with Gasteiger partial charge in [-0.3, -0.25) is 0 Å². The zero-order valence-electron chi connectivity index (χ0n) is 14.1. The number of carbonyl (C=O) groups is 1. The van der Waals surface area contributed by atoms with Gasteiger partial charge in [-0.05, 0) is 32.9 Å². The molecule has 8 heteroatoms. The molecule has 7 nitrogen and oxygen atoms in total. The molecule has 2 aromatic rings. The maximum Gasteiger partial charge on any atom is 0.410 e. The van der Waals surface area contributed by atoms with Crippen LogP contribution in [-0.2, 0) is 4.74 Å². The van der Waals surface area contributed by atoms with Crippen LogP contribution in [0.1, 0.15) is 20.8 Å². The monoisotopic (exact) mass is 347 g/mol. The van der Waals surface area contributed by atoms with Gasteiger partial charge in [0.2, 0.25) is 0 Å². The third-order valence-corrected chi connectivity index (χ3v) is 4.33. The average Bonchev–Trinajstić information content (AvgIpc) is 3.08. The zero-order valence-corrected chi connectivity index (χ0v) is 14.9. The van der Waals surface area contributed by atoms with Crippen LogP contribution in [0.5, 0.6) is 0 Å². The maximum absolute atomic E-state index is 12.2. The number of ether oxygens (including phenoxy) is 1. The first kappa shape index (κ1) is 16.6. The average molecular weight is 347 g/mol. The lowest BCUT2D eigenvalue weighted by atomic mass is 10.2. The van der Waals surface area contributed by atoms with E-state index in [0.29, 0.717) is 26.2 Å². The lowest BCUT2D eigenvalue weighted by molar-refractivity contribution is 0.0240. The van der Waals surface area contributed by atoms with Crippen LogP contribution < -0.4 is 4.90 Å². The van der Waals surface area contributed by atoms with E-state index in [1.54, 1.807) is 16.6 Å². The Morgan fingerprint density at radius 1 is 1.25 bits per heavy atom. The number of anilines is 1. The zero-order chi connectivity index (χ0) is 17.2. The van der Waals surface area contributed by atoms with Crippen molar-refractivity contribution in [3.63, 3.8) is 0 Å². The molecule has 3 rings (SSSR count). The van der Waals surface area contributed by atoms with E-state index in [-0.39, 0.29) is 6.09 Å². The van der Waals surface area contributed by atoms with E-state index < -0.39 is 5.60 Å². The van der Waals surface area contributed by atoms with Crippen molar-refractivity contribution >= 4 is 23.2 Å². The molecule has 0 atom stereocenters. The van der Waals surface area contributed by atoms with Crippen molar-refractivity contribution in [2.24, 2.45) is 0 Å². The van der Waals surface area contributed by atoms with Crippen LogP contribution in [0.25, 0.3) is 10.6 Å². The first-order valence-corrected chi connectivity index (χ1v) is 8.76. The van der Waals surface area contributed by atoms with Gasteiger partial charge in [0.1, 0.15) is 16.9 Å². The van der Waals surface area contributed by atoms with Crippen molar-refractivity contribution < 1.29 is 9.53 Å². The normalized spacial score (nSPS) is 15.5. The molecule has 0 bridgehead atoms. The Kier molecular flexibility index (Phi) is 4.66. The summed E-state index contributed by atoms with van der Waals surface area (Å²) in [5, 5.41) is 8.90. The second kappa shape index (κ2) is 6.72. The SMILES string of the molecule is CC(C)(C)OC(=O)N1CCN(c2ncccc2-c2nncs2)CC1. The minimum absolute atomic E-state index is 0.257. The summed E-state index contributed by atoms with van der Waals surface area (Å²) in [4.78, 5) is 20.6. The summed E-state index contributed by atoms with van der Waals surface area (Å²) in [5.74, 6) is 0.887. The van der Waals surface area contributed by atoms with E-state index in [0.717, 1.165) is 16.4 Å². The number of nitrogens with zero attached hydrogens (tertiary/aromatic N) is 5. The molecule has 0 aliphatic carbocycles. The van der Waals surface area contributed by atoms with Gasteiger partial charge in [-0.2, -0.15) is 0 Å². The molecular formula is C16H21N5O2S. The van der Waals surface area contributed by atoms with Crippen LogP contribution in [0, 0.1) is 0 Å². The Bertz CT molecular complexity index is 691. The van der Waals surface area contributed by atoms with Crippen LogP contribution in [0.15, 0.2) is 23.8 Å². The molecule has 0 saturated carbocycles. The third kappa shape index (κ3) is 3.81. The molecule has 0 spiro atoms. The van der Waals surface area contributed by atoms with E-state index in [1.165, 1.54) is 11.3 Å². The fourth-order valence-corrected chi connectivity index (χ4v) is 3.11. The van der Waals surface area contributed by atoms with Gasteiger partial charge in [0, 0.05) is 32.4 Å². The van der Waals surface area contributed by atoms with Crippen molar-refractivity contribution in [3.05, 3.63) is 23.8 Å². The van der Waals surface area contributed by atoms with Gasteiger partial charge in [-0.25, -0.2) is 9.78 Å². The van der Waals surface area contributed by atoms with Crippen LogP contribution in [-0.4, -0.2) is 58.0 Å². The van der Waals surface area contributed by atoms with Crippen molar-refractivity contribution in [3.8, 4) is 10.6 Å². The molecule has 128 valence electrons. The largest absolute Gasteiger partial charge is 0.444 e. The van der Waals surface area contributed by atoms with Crippen molar-refractivity contribution in [2.75, 3.05) is 31.1 Å². The summed E-state index contributed by atoms with van der Waals surface area (Å²) in [6.45, 7) is 8.28. The number of carbonyl (C=O) groups excluding carboxylic acids is 1. The Morgan fingerprint density at radius 2 is 2.00 bits per heavy atom. The molecular weight excluding hydrogens is 326 g/mol. The number of rotatable bonds is 2. The first-order valence-electron chi connectivity index (χ1n) is 7.88. The molecule has 0 radical (unpaired) electrons. The minimum Gasteiger partial charge on any atom is -0.444 e. The number of piperazine rings is 1. The molecule has 1 aliphatic heterocycles. The van der Waals surface area contributed by atoms with E-state index in [9.17, 15) is 4.79 Å². The summed E-state index contributed by atoms with van der Waals surface area (Å²) in [6, 6.07) is 3.90. The number of hydrogen-bond acceptors (Lipinski definition) is 7. The second-order valence-corrected chi connectivity index (χ2v) is 7.41. The summed E-state index contributed by atoms with van der Waals surface area (Å²) < 4.78 is 5.44. The molecule has 3 heterocycles. The van der Waals surface area contributed by atoms with Gasteiger partial charge in [0.15, 0.2) is 5.01 Å². The summed E-state index contributed by atoms with van der Waals surface area (Å²) >= 11 is 1.49. The summed E-state index contributed by atoms with van der Waals surface area (Å²) in [7, 11) is 0. The quantitative estimate of drug-likeness (QED) is 0.832. The number of pyridine rings is 1. The van der Waals surface area contributed by atoms with Crippen molar-refractivity contribution in [1.82, 2.24) is 20.1 Å². The Hall–Kier alpha value is -2.22. The van der Waals surface area contributed by atoms with E-state index in [2.05, 4.69) is 20.1 Å². The molecule has 2 aromatic heterocycles. The minimum atomic E-state index is -0.472. The fourth-order valence-electron chi connectivity index (χ4n) is 2.53. The highest BCUT2D eigenvalue weighted by Gasteiger charge is 2.27. The number of aromatic nitrogens is 3. The van der Waals surface area contributed by atoms with Gasteiger partial charge < -0.3 is 14.5 Å². The van der Waals surface area contributed by atoms with Gasteiger partial charge in [0.25, 0.3) is 0 Å². The standard InChI is InChI=1S/C16H21N5O2S/c1-16(2,3)23-15(22)21-9-7-20(8-10-21)13-12(5-4-6-17-13)14-19-18-11-24-14/h4-6,11H,7-10H2,1-3H3. The lowest BCUT2D eigenvalue weighted by Crippen LogP contribution is -2.50. The maximum atomic E-state index is 12.2. The highest BCUT2D eigenvalue weighted by molar-refractivity contribution is 7.12. The van der Waals surface area contributed by atoms with Crippen molar-refractivity contribution in [1.29, 1.82) is 0 Å². The second-order valence-electron chi connectivity index (χ2n) is 6.57. The van der Waals surface area contributed by atoms with Crippen LogP contribution in [0.2, 0.25) is 0 Å². The molecule has 1 fully saturated rings. The predicted molar refractivity (Wildman–Crippen MR) is 93.2 cm³/mol. The van der Waals surface area contributed by atoms with E-state index in [4.69, 9.17) is 4.74 Å².